The van der Waals surface area contributed by atoms with E-state index >= 15 is 0 Å². The van der Waals surface area contributed by atoms with Gasteiger partial charge in [0, 0.05) is 31.6 Å². The number of rotatable bonds is 5. The summed E-state index contributed by atoms with van der Waals surface area (Å²) < 4.78 is 0. The first kappa shape index (κ1) is 19.0. The Hall–Kier alpha value is -1.35. The van der Waals surface area contributed by atoms with Gasteiger partial charge in [-0.2, -0.15) is 0 Å². The van der Waals surface area contributed by atoms with Gasteiger partial charge in [0.25, 0.3) is 0 Å². The number of carbonyl (C=O) groups excluding carboxylic acids is 1. The first-order valence-corrected chi connectivity index (χ1v) is 11.1. The molecule has 2 heterocycles. The molecule has 3 heteroatoms. The first-order chi connectivity index (χ1) is 13.0. The molecule has 3 aliphatic rings. The number of hydrogen-bond donors (Lipinski definition) is 0. The number of amides is 1. The van der Waals surface area contributed by atoms with Gasteiger partial charge in [-0.05, 0) is 74.5 Å². The summed E-state index contributed by atoms with van der Waals surface area (Å²) in [5.41, 5.74) is 2.97. The van der Waals surface area contributed by atoms with Gasteiger partial charge in [-0.3, -0.25) is 4.79 Å². The molecule has 1 amide bonds. The normalized spacial score (nSPS) is 31.0. The molecule has 1 aromatic carbocycles. The summed E-state index contributed by atoms with van der Waals surface area (Å²) in [4.78, 5) is 17.2. The van der Waals surface area contributed by atoms with E-state index in [9.17, 15) is 4.79 Å². The summed E-state index contributed by atoms with van der Waals surface area (Å²) in [5, 5.41) is 0. The maximum atomic E-state index is 12.4. The van der Waals surface area contributed by atoms with Crippen molar-refractivity contribution < 1.29 is 4.79 Å². The maximum Gasteiger partial charge on any atom is 0.225 e. The van der Waals surface area contributed by atoms with Gasteiger partial charge in [0.15, 0.2) is 0 Å². The molecule has 4 atom stereocenters. The third-order valence-electron chi connectivity index (χ3n) is 7.45. The molecule has 148 valence electrons. The van der Waals surface area contributed by atoms with Gasteiger partial charge in [-0.1, -0.05) is 38.1 Å². The third-order valence-corrected chi connectivity index (χ3v) is 7.45. The fourth-order valence-corrected chi connectivity index (χ4v) is 5.75. The lowest BCUT2D eigenvalue weighted by Crippen LogP contribution is -2.33. The Bertz CT molecular complexity index is 653. The van der Waals surface area contributed by atoms with Gasteiger partial charge in [0.2, 0.25) is 5.91 Å². The number of hydrogen-bond acceptors (Lipinski definition) is 2. The number of benzene rings is 1. The second-order valence-electron chi connectivity index (χ2n) is 9.52. The van der Waals surface area contributed by atoms with Crippen LogP contribution in [-0.4, -0.2) is 47.9 Å². The number of carbonyl (C=O) groups is 1. The highest BCUT2D eigenvalue weighted by Gasteiger charge is 2.44. The minimum Gasteiger partial charge on any atom is -0.342 e. The van der Waals surface area contributed by atoms with Crippen molar-refractivity contribution in [1.29, 1.82) is 0 Å². The second-order valence-corrected chi connectivity index (χ2v) is 9.52. The molecule has 0 aromatic heterocycles. The van der Waals surface area contributed by atoms with E-state index in [2.05, 4.69) is 41.0 Å². The maximum absolute atomic E-state index is 12.4. The standard InChI is InChI=1S/C24H36N2O/c1-17(2)24(27)26-15-21-10-11-22(23(21)16-26)20-8-6-19(7-9-20)12-14-25-13-4-5-18(25)3/h6-9,17-18,21-23H,4-5,10-16H2,1-3H3/t18-,21-,22?,23+/m1/s1. The van der Waals surface area contributed by atoms with Crippen LogP contribution in [0, 0.1) is 17.8 Å². The largest absolute Gasteiger partial charge is 0.342 e. The third kappa shape index (κ3) is 3.94. The summed E-state index contributed by atoms with van der Waals surface area (Å²) in [6.07, 6.45) is 6.47. The molecular formula is C24H36N2O. The summed E-state index contributed by atoms with van der Waals surface area (Å²) >= 11 is 0. The molecule has 2 saturated heterocycles. The van der Waals surface area contributed by atoms with Crippen LogP contribution in [0.2, 0.25) is 0 Å². The molecule has 3 nitrogen and oxygen atoms in total. The number of fused-ring (bicyclic) bond motifs is 1. The van der Waals surface area contributed by atoms with Crippen molar-refractivity contribution in [3.05, 3.63) is 35.4 Å². The van der Waals surface area contributed by atoms with Crippen molar-refractivity contribution >= 4 is 5.91 Å². The minimum absolute atomic E-state index is 0.125. The zero-order valence-electron chi connectivity index (χ0n) is 17.4. The monoisotopic (exact) mass is 368 g/mol. The highest BCUT2D eigenvalue weighted by molar-refractivity contribution is 5.78. The van der Waals surface area contributed by atoms with Crippen LogP contribution in [0.4, 0.5) is 0 Å². The Labute approximate surface area is 165 Å². The lowest BCUT2D eigenvalue weighted by molar-refractivity contribution is -0.133. The lowest BCUT2D eigenvalue weighted by Gasteiger charge is -2.23. The molecular weight excluding hydrogens is 332 g/mol. The summed E-state index contributed by atoms with van der Waals surface area (Å²) in [5.74, 6) is 2.50. The summed E-state index contributed by atoms with van der Waals surface area (Å²) in [6.45, 7) is 10.8. The van der Waals surface area contributed by atoms with Crippen LogP contribution in [-0.2, 0) is 11.2 Å². The Morgan fingerprint density at radius 3 is 2.56 bits per heavy atom. The van der Waals surface area contributed by atoms with Crippen molar-refractivity contribution in [3.63, 3.8) is 0 Å². The predicted molar refractivity (Wildman–Crippen MR) is 111 cm³/mol. The molecule has 0 spiro atoms. The Balaban J connectivity index is 1.35. The second kappa shape index (κ2) is 7.95. The molecule has 1 saturated carbocycles. The summed E-state index contributed by atoms with van der Waals surface area (Å²) in [6, 6.07) is 10.2. The van der Waals surface area contributed by atoms with E-state index in [0.717, 1.165) is 25.6 Å². The van der Waals surface area contributed by atoms with Crippen LogP contribution in [0.15, 0.2) is 24.3 Å². The predicted octanol–water partition coefficient (Wildman–Crippen LogP) is 4.32. The molecule has 0 N–H and O–H groups in total. The Kier molecular flexibility index (Phi) is 5.59. The van der Waals surface area contributed by atoms with Crippen LogP contribution in [0.25, 0.3) is 0 Å². The van der Waals surface area contributed by atoms with Gasteiger partial charge in [0.1, 0.15) is 0 Å². The molecule has 1 unspecified atom stereocenters. The van der Waals surface area contributed by atoms with Gasteiger partial charge in [0.05, 0.1) is 0 Å². The average Bonchev–Trinajstić information content (AvgIpc) is 3.35. The highest BCUT2D eigenvalue weighted by atomic mass is 16.2. The van der Waals surface area contributed by atoms with Crippen LogP contribution in [0.5, 0.6) is 0 Å². The van der Waals surface area contributed by atoms with Gasteiger partial charge >= 0.3 is 0 Å². The van der Waals surface area contributed by atoms with E-state index in [0.29, 0.717) is 23.7 Å². The van der Waals surface area contributed by atoms with Crippen LogP contribution >= 0.6 is 0 Å². The topological polar surface area (TPSA) is 23.6 Å². The van der Waals surface area contributed by atoms with Crippen molar-refractivity contribution in [2.75, 3.05) is 26.2 Å². The van der Waals surface area contributed by atoms with E-state index in [1.54, 1.807) is 0 Å². The molecule has 1 aromatic rings. The van der Waals surface area contributed by atoms with E-state index in [-0.39, 0.29) is 5.92 Å². The van der Waals surface area contributed by atoms with Crippen molar-refractivity contribution in [3.8, 4) is 0 Å². The molecule has 0 bridgehead atoms. The first-order valence-electron chi connectivity index (χ1n) is 11.1. The zero-order valence-corrected chi connectivity index (χ0v) is 17.4. The average molecular weight is 369 g/mol. The fourth-order valence-electron chi connectivity index (χ4n) is 5.75. The molecule has 3 fully saturated rings. The lowest BCUT2D eigenvalue weighted by atomic mass is 9.86. The van der Waals surface area contributed by atoms with E-state index in [1.165, 1.54) is 49.9 Å². The van der Waals surface area contributed by atoms with E-state index in [4.69, 9.17) is 0 Å². The van der Waals surface area contributed by atoms with Gasteiger partial charge in [-0.15, -0.1) is 0 Å². The smallest absolute Gasteiger partial charge is 0.225 e. The van der Waals surface area contributed by atoms with E-state index in [1.807, 2.05) is 13.8 Å². The molecule has 4 rings (SSSR count). The van der Waals surface area contributed by atoms with Crippen LogP contribution < -0.4 is 0 Å². The zero-order chi connectivity index (χ0) is 19.0. The minimum atomic E-state index is 0.125. The van der Waals surface area contributed by atoms with Crippen LogP contribution in [0.1, 0.15) is 63.5 Å². The molecule has 1 aliphatic carbocycles. The van der Waals surface area contributed by atoms with Crippen molar-refractivity contribution in [2.24, 2.45) is 17.8 Å². The highest BCUT2D eigenvalue weighted by Crippen LogP contribution is 2.47. The number of nitrogens with zero attached hydrogens (tertiary/aromatic N) is 2. The number of likely N-dealkylation sites (tertiary alicyclic amines) is 2. The Morgan fingerprint density at radius 2 is 1.89 bits per heavy atom. The fraction of sp³-hybridized carbons (Fsp3) is 0.708. The summed E-state index contributed by atoms with van der Waals surface area (Å²) in [7, 11) is 0. The van der Waals surface area contributed by atoms with Crippen molar-refractivity contribution in [2.45, 2.75) is 64.8 Å². The van der Waals surface area contributed by atoms with Crippen molar-refractivity contribution in [1.82, 2.24) is 9.80 Å². The van der Waals surface area contributed by atoms with Crippen LogP contribution in [0.3, 0.4) is 0 Å². The molecule has 27 heavy (non-hydrogen) atoms. The van der Waals surface area contributed by atoms with Gasteiger partial charge in [-0.25, -0.2) is 0 Å². The van der Waals surface area contributed by atoms with E-state index < -0.39 is 0 Å². The quantitative estimate of drug-likeness (QED) is 0.773. The Morgan fingerprint density at radius 1 is 1.11 bits per heavy atom. The van der Waals surface area contributed by atoms with Gasteiger partial charge < -0.3 is 9.80 Å². The molecule has 0 radical (unpaired) electrons. The SMILES string of the molecule is CC(C)C(=O)N1C[C@H]2CCC(c3ccc(CCN4CCC[C@H]4C)cc3)[C@H]2C1. The molecule has 2 aliphatic heterocycles.